The van der Waals surface area contributed by atoms with E-state index in [0.717, 1.165) is 0 Å². The summed E-state index contributed by atoms with van der Waals surface area (Å²) in [7, 11) is 0. The van der Waals surface area contributed by atoms with E-state index in [2.05, 4.69) is 9.97 Å². The Labute approximate surface area is 291 Å². The van der Waals surface area contributed by atoms with E-state index in [0.29, 0.717) is 61.6 Å². The summed E-state index contributed by atoms with van der Waals surface area (Å²) in [6.07, 6.45) is -6.14. The Bertz CT molecular complexity index is 1930. The third kappa shape index (κ3) is 11.1. The van der Waals surface area contributed by atoms with Crippen LogP contribution in [0.4, 0.5) is 35.1 Å². The van der Waals surface area contributed by atoms with Gasteiger partial charge in [-0.3, -0.25) is 23.9 Å². The van der Waals surface area contributed by atoms with E-state index in [9.17, 15) is 44.7 Å². The number of aliphatic carboxylic acids is 2. The van der Waals surface area contributed by atoms with Gasteiger partial charge in [0.1, 0.15) is 22.3 Å². The SMILES string of the molecule is O=C(O)C(F)(F)F.O=C(O)C(F)(F)F.O=C(c1cc(Cc2c[nH]c(=O)c3cc(Cl)c(Cl)n23)ccc1F)N1CCCN(Cc2ncccc2F)CC1. The largest absolute Gasteiger partial charge is 0.490 e. The van der Waals surface area contributed by atoms with Crippen molar-refractivity contribution < 1.29 is 59.7 Å². The van der Waals surface area contributed by atoms with Gasteiger partial charge in [-0.25, -0.2) is 18.4 Å². The fourth-order valence-electron chi connectivity index (χ4n) is 4.63. The first kappa shape index (κ1) is 40.7. The number of carbonyl (C=O) groups is 3. The highest BCUT2D eigenvalue weighted by Crippen LogP contribution is 2.27. The number of rotatable bonds is 5. The van der Waals surface area contributed by atoms with Crippen molar-refractivity contribution in [1.29, 1.82) is 0 Å². The lowest BCUT2D eigenvalue weighted by Crippen LogP contribution is -2.35. The van der Waals surface area contributed by atoms with Gasteiger partial charge >= 0.3 is 24.3 Å². The van der Waals surface area contributed by atoms with Crippen LogP contribution in [0.25, 0.3) is 5.52 Å². The van der Waals surface area contributed by atoms with E-state index >= 15 is 0 Å². The molecule has 0 unspecified atom stereocenters. The number of fused-ring (bicyclic) bond motifs is 1. The molecule has 0 bridgehead atoms. The van der Waals surface area contributed by atoms with Crippen LogP contribution < -0.4 is 5.56 Å². The standard InChI is InChI=1S/C26H23Cl2F2N5O2.2C2HF3O2/c27-19-13-23-25(36)32-14-17(35(23)24(19)28)11-16-4-5-20(29)18(12-16)26(37)34-8-2-7-33(9-10-34)15-22-21(30)3-1-6-31-22;2*3-2(4,5)1(6)7/h1,3-6,12-14H,2,7-11,15H2,(H,32,36);2*(H,6,7). The number of H-pyrrole nitrogens is 1. The highest BCUT2D eigenvalue weighted by molar-refractivity contribution is 6.42. The van der Waals surface area contributed by atoms with Gasteiger partial charge in [0, 0.05) is 57.2 Å². The molecule has 4 heterocycles. The van der Waals surface area contributed by atoms with Crippen LogP contribution in [0.2, 0.25) is 10.2 Å². The van der Waals surface area contributed by atoms with Crippen LogP contribution in [0.5, 0.6) is 0 Å². The molecule has 0 atom stereocenters. The molecule has 4 aromatic rings. The molecule has 3 N–H and O–H groups in total. The van der Waals surface area contributed by atoms with Crippen molar-refractivity contribution in [2.24, 2.45) is 0 Å². The van der Waals surface area contributed by atoms with E-state index in [1.807, 2.05) is 4.90 Å². The summed E-state index contributed by atoms with van der Waals surface area (Å²) in [6.45, 7) is 2.38. The molecular weight excluding hydrogens is 749 g/mol. The Morgan fingerprint density at radius 2 is 1.51 bits per heavy atom. The van der Waals surface area contributed by atoms with Crippen molar-refractivity contribution in [2.45, 2.75) is 31.7 Å². The van der Waals surface area contributed by atoms with Gasteiger partial charge in [0.25, 0.3) is 11.5 Å². The number of hydrogen-bond donors (Lipinski definition) is 3. The molecule has 276 valence electrons. The number of pyridine rings is 1. The molecule has 0 spiro atoms. The van der Waals surface area contributed by atoms with Gasteiger partial charge in [-0.2, -0.15) is 26.3 Å². The molecule has 5 rings (SSSR count). The molecule has 1 aliphatic rings. The normalized spacial score (nSPS) is 13.8. The second kappa shape index (κ2) is 17.0. The lowest BCUT2D eigenvalue weighted by molar-refractivity contribution is -0.193. The average Bonchev–Trinajstić information content (AvgIpc) is 3.19. The number of nitrogens with zero attached hydrogens (tertiary/aromatic N) is 4. The molecule has 21 heteroatoms. The molecule has 0 aliphatic carbocycles. The number of halogens is 10. The molecule has 3 aromatic heterocycles. The van der Waals surface area contributed by atoms with Crippen LogP contribution in [-0.4, -0.2) is 90.8 Å². The van der Waals surface area contributed by atoms with E-state index in [-0.39, 0.29) is 33.5 Å². The zero-order valence-electron chi connectivity index (χ0n) is 25.7. The molecule has 1 fully saturated rings. The van der Waals surface area contributed by atoms with Gasteiger partial charge < -0.3 is 20.1 Å². The Kier molecular flexibility index (Phi) is 13.5. The number of carbonyl (C=O) groups excluding carboxylic acids is 1. The van der Waals surface area contributed by atoms with Gasteiger partial charge in [-0.15, -0.1) is 0 Å². The summed E-state index contributed by atoms with van der Waals surface area (Å²) in [6, 6.07) is 8.79. The van der Waals surface area contributed by atoms with Crippen LogP contribution in [-0.2, 0) is 22.6 Å². The smallest absolute Gasteiger partial charge is 0.475 e. The molecule has 0 radical (unpaired) electrons. The number of hydrogen-bond acceptors (Lipinski definition) is 6. The Morgan fingerprint density at radius 1 is 0.882 bits per heavy atom. The first-order valence-electron chi connectivity index (χ1n) is 14.3. The predicted octanol–water partition coefficient (Wildman–Crippen LogP) is 5.81. The second-order valence-corrected chi connectivity index (χ2v) is 11.3. The molecule has 1 amide bonds. The molecule has 1 saturated heterocycles. The molecule has 11 nitrogen and oxygen atoms in total. The lowest BCUT2D eigenvalue weighted by atomic mass is 10.0. The van der Waals surface area contributed by atoms with Crippen LogP contribution in [0.1, 0.15) is 33.7 Å². The van der Waals surface area contributed by atoms with Crippen LogP contribution in [0.15, 0.2) is 53.6 Å². The number of aromatic nitrogens is 3. The molecular formula is C30H25Cl2F8N5O6. The molecule has 51 heavy (non-hydrogen) atoms. The number of benzene rings is 1. The zero-order chi connectivity index (χ0) is 38.3. The number of nitrogens with one attached hydrogen (secondary N) is 1. The summed E-state index contributed by atoms with van der Waals surface area (Å²) in [5.41, 5.74) is 1.59. The van der Waals surface area contributed by atoms with Crippen LogP contribution in [0, 0.1) is 11.6 Å². The highest BCUT2D eigenvalue weighted by atomic mass is 35.5. The van der Waals surface area contributed by atoms with E-state index < -0.39 is 36.0 Å². The third-order valence-electron chi connectivity index (χ3n) is 7.00. The Balaban J connectivity index is 0.000000424. The third-order valence-corrected chi connectivity index (χ3v) is 7.76. The van der Waals surface area contributed by atoms with Crippen molar-refractivity contribution in [3.63, 3.8) is 0 Å². The fraction of sp³-hybridized carbons (Fsp3) is 0.300. The van der Waals surface area contributed by atoms with Crippen molar-refractivity contribution in [1.82, 2.24) is 24.2 Å². The van der Waals surface area contributed by atoms with Crippen molar-refractivity contribution in [2.75, 3.05) is 26.2 Å². The first-order chi connectivity index (χ1) is 23.7. The maximum atomic E-state index is 14.8. The number of aromatic amines is 1. The second-order valence-electron chi connectivity index (χ2n) is 10.6. The Morgan fingerprint density at radius 3 is 2.10 bits per heavy atom. The fourth-order valence-corrected chi connectivity index (χ4v) is 5.07. The topological polar surface area (TPSA) is 148 Å². The summed E-state index contributed by atoms with van der Waals surface area (Å²) < 4.78 is 93.8. The van der Waals surface area contributed by atoms with Gasteiger partial charge in [-0.05, 0) is 42.3 Å². The van der Waals surface area contributed by atoms with Gasteiger partial charge in [0.15, 0.2) is 0 Å². The average molecular weight is 774 g/mol. The van der Waals surface area contributed by atoms with Crippen LogP contribution in [0.3, 0.4) is 0 Å². The van der Waals surface area contributed by atoms with E-state index in [1.165, 1.54) is 30.5 Å². The van der Waals surface area contributed by atoms with Gasteiger partial charge in [-0.1, -0.05) is 29.3 Å². The first-order valence-corrected chi connectivity index (χ1v) is 15.0. The van der Waals surface area contributed by atoms with E-state index in [4.69, 9.17) is 43.0 Å². The van der Waals surface area contributed by atoms with Crippen LogP contribution >= 0.6 is 23.2 Å². The highest BCUT2D eigenvalue weighted by Gasteiger charge is 2.39. The summed E-state index contributed by atoms with van der Waals surface area (Å²) in [5, 5.41) is 14.7. The van der Waals surface area contributed by atoms with Crippen molar-refractivity contribution in [3.8, 4) is 0 Å². The lowest BCUT2D eigenvalue weighted by Gasteiger charge is -2.22. The van der Waals surface area contributed by atoms with Crippen molar-refractivity contribution >= 4 is 46.6 Å². The number of carboxylic acid groups (broad SMARTS) is 2. The predicted molar refractivity (Wildman–Crippen MR) is 165 cm³/mol. The quantitative estimate of drug-likeness (QED) is 0.215. The summed E-state index contributed by atoms with van der Waals surface area (Å²) in [5.74, 6) is -6.89. The van der Waals surface area contributed by atoms with Gasteiger partial charge in [0.05, 0.1) is 16.3 Å². The Hall–Kier alpha value is -4.75. The molecule has 1 aliphatic heterocycles. The minimum absolute atomic E-state index is 0.0287. The monoisotopic (exact) mass is 773 g/mol. The minimum Gasteiger partial charge on any atom is -0.475 e. The maximum Gasteiger partial charge on any atom is 0.490 e. The minimum atomic E-state index is -5.08. The van der Waals surface area contributed by atoms with E-state index in [1.54, 1.807) is 27.6 Å². The van der Waals surface area contributed by atoms with Gasteiger partial charge in [0.2, 0.25) is 0 Å². The number of alkyl halides is 6. The maximum absolute atomic E-state index is 14.8. The zero-order valence-corrected chi connectivity index (χ0v) is 27.2. The summed E-state index contributed by atoms with van der Waals surface area (Å²) >= 11 is 12.4. The number of amides is 1. The summed E-state index contributed by atoms with van der Waals surface area (Å²) in [4.78, 5) is 53.7. The molecule has 0 saturated carbocycles. The van der Waals surface area contributed by atoms with Crippen molar-refractivity contribution in [3.05, 3.63) is 103 Å². The number of carboxylic acids is 2. The molecule has 1 aromatic carbocycles.